The van der Waals surface area contributed by atoms with Crippen LogP contribution in [0.2, 0.25) is 5.02 Å². The van der Waals surface area contributed by atoms with Crippen molar-refractivity contribution in [1.29, 1.82) is 0 Å². The lowest BCUT2D eigenvalue weighted by molar-refractivity contribution is -0.119. The van der Waals surface area contributed by atoms with Crippen molar-refractivity contribution >= 4 is 29.3 Å². The first kappa shape index (κ1) is 19.6. The quantitative estimate of drug-likeness (QED) is 0.699. The number of hydrogen-bond acceptors (Lipinski definition) is 7. The van der Waals surface area contributed by atoms with Crippen molar-refractivity contribution in [3.05, 3.63) is 34.5 Å². The number of nitrogens with zero attached hydrogens (tertiary/aromatic N) is 1. The topological polar surface area (TPSA) is 99.9 Å². The average molecular weight is 383 g/mol. The average Bonchev–Trinajstić information content (AvgIpc) is 3.02. The molecule has 0 spiro atoms. The van der Waals surface area contributed by atoms with E-state index in [1.165, 1.54) is 19.2 Å². The molecule has 8 nitrogen and oxygen atoms in total. The summed E-state index contributed by atoms with van der Waals surface area (Å²) in [6, 6.07) is 4.38. The SMILES string of the molecule is CCCOc1c(Cl)cc(C(=O)OCC(=O)Nc2cc(C)on2)cc1OC. The summed E-state index contributed by atoms with van der Waals surface area (Å²) >= 11 is 6.15. The third-order valence-corrected chi connectivity index (χ3v) is 3.43. The van der Waals surface area contributed by atoms with Crippen molar-refractivity contribution in [1.82, 2.24) is 5.16 Å². The van der Waals surface area contributed by atoms with Gasteiger partial charge in [0.25, 0.3) is 5.91 Å². The Labute approximate surface area is 155 Å². The Morgan fingerprint density at radius 3 is 2.69 bits per heavy atom. The maximum Gasteiger partial charge on any atom is 0.338 e. The predicted molar refractivity (Wildman–Crippen MR) is 93.9 cm³/mol. The zero-order valence-electron chi connectivity index (χ0n) is 14.6. The van der Waals surface area contributed by atoms with Crippen molar-refractivity contribution in [2.75, 3.05) is 25.6 Å². The molecule has 0 bridgehead atoms. The molecule has 0 aliphatic carbocycles. The Balaban J connectivity index is 2.00. The van der Waals surface area contributed by atoms with Crippen LogP contribution in [0.3, 0.4) is 0 Å². The number of halogens is 1. The van der Waals surface area contributed by atoms with Crippen LogP contribution in [0.4, 0.5) is 5.82 Å². The zero-order valence-corrected chi connectivity index (χ0v) is 15.4. The molecule has 9 heteroatoms. The first-order valence-electron chi connectivity index (χ1n) is 7.85. The summed E-state index contributed by atoms with van der Waals surface area (Å²) in [5.41, 5.74) is 0.140. The molecule has 1 amide bonds. The maximum atomic E-state index is 12.2. The molecule has 0 saturated heterocycles. The number of ether oxygens (including phenoxy) is 3. The molecular formula is C17H19ClN2O6. The molecule has 1 aromatic carbocycles. The van der Waals surface area contributed by atoms with Crippen LogP contribution in [0.5, 0.6) is 11.5 Å². The minimum absolute atomic E-state index is 0.140. The minimum Gasteiger partial charge on any atom is -0.493 e. The normalized spacial score (nSPS) is 10.3. The maximum absolute atomic E-state index is 12.2. The summed E-state index contributed by atoms with van der Waals surface area (Å²) < 4.78 is 20.5. The van der Waals surface area contributed by atoms with E-state index in [4.69, 9.17) is 30.3 Å². The molecule has 140 valence electrons. The van der Waals surface area contributed by atoms with Crippen molar-refractivity contribution in [3.63, 3.8) is 0 Å². The van der Waals surface area contributed by atoms with Gasteiger partial charge in [0.1, 0.15) is 5.76 Å². The number of aromatic nitrogens is 1. The highest BCUT2D eigenvalue weighted by Crippen LogP contribution is 2.36. The van der Waals surface area contributed by atoms with Crippen molar-refractivity contribution in [3.8, 4) is 11.5 Å². The lowest BCUT2D eigenvalue weighted by Gasteiger charge is -2.13. The number of carbonyl (C=O) groups excluding carboxylic acids is 2. The summed E-state index contributed by atoms with van der Waals surface area (Å²) in [6.07, 6.45) is 0.795. The number of aryl methyl sites for hydroxylation is 1. The predicted octanol–water partition coefficient (Wildman–Crippen LogP) is 3.23. The van der Waals surface area contributed by atoms with Crippen LogP contribution in [-0.2, 0) is 9.53 Å². The van der Waals surface area contributed by atoms with Gasteiger partial charge in [-0.2, -0.15) is 0 Å². The Morgan fingerprint density at radius 1 is 1.31 bits per heavy atom. The third-order valence-electron chi connectivity index (χ3n) is 3.15. The van der Waals surface area contributed by atoms with Gasteiger partial charge >= 0.3 is 5.97 Å². The number of amides is 1. The van der Waals surface area contributed by atoms with Gasteiger partial charge in [-0.1, -0.05) is 23.7 Å². The lowest BCUT2D eigenvalue weighted by Crippen LogP contribution is -2.21. The Hall–Kier alpha value is -2.74. The summed E-state index contributed by atoms with van der Waals surface area (Å²) in [6.45, 7) is 3.62. The van der Waals surface area contributed by atoms with E-state index in [0.29, 0.717) is 23.9 Å². The van der Waals surface area contributed by atoms with Gasteiger partial charge in [-0.3, -0.25) is 4.79 Å². The highest BCUT2D eigenvalue weighted by molar-refractivity contribution is 6.32. The fourth-order valence-corrected chi connectivity index (χ4v) is 2.27. The van der Waals surface area contributed by atoms with Crippen molar-refractivity contribution < 1.29 is 28.3 Å². The largest absolute Gasteiger partial charge is 0.493 e. The molecule has 1 heterocycles. The molecular weight excluding hydrogens is 364 g/mol. The summed E-state index contributed by atoms with van der Waals surface area (Å²) in [5.74, 6) is 0.175. The summed E-state index contributed by atoms with van der Waals surface area (Å²) in [4.78, 5) is 23.9. The fourth-order valence-electron chi connectivity index (χ4n) is 2.00. The van der Waals surface area contributed by atoms with E-state index in [1.807, 2.05) is 6.92 Å². The van der Waals surface area contributed by atoms with Crippen LogP contribution in [0.1, 0.15) is 29.5 Å². The van der Waals surface area contributed by atoms with Gasteiger partial charge in [-0.15, -0.1) is 0 Å². The number of hydrogen-bond donors (Lipinski definition) is 1. The molecule has 0 aliphatic rings. The van der Waals surface area contributed by atoms with E-state index >= 15 is 0 Å². The molecule has 0 unspecified atom stereocenters. The number of carbonyl (C=O) groups is 2. The zero-order chi connectivity index (χ0) is 19.1. The van der Waals surface area contributed by atoms with E-state index < -0.39 is 18.5 Å². The fraction of sp³-hybridized carbons (Fsp3) is 0.353. The van der Waals surface area contributed by atoms with Crippen LogP contribution < -0.4 is 14.8 Å². The van der Waals surface area contributed by atoms with Crippen LogP contribution in [0.25, 0.3) is 0 Å². The van der Waals surface area contributed by atoms with Crippen molar-refractivity contribution in [2.24, 2.45) is 0 Å². The van der Waals surface area contributed by atoms with Crippen LogP contribution in [-0.4, -0.2) is 37.4 Å². The summed E-state index contributed by atoms with van der Waals surface area (Å²) in [5, 5.41) is 6.27. The molecule has 0 saturated carbocycles. The number of nitrogens with one attached hydrogen (secondary N) is 1. The van der Waals surface area contributed by atoms with E-state index in [1.54, 1.807) is 13.0 Å². The molecule has 0 atom stereocenters. The van der Waals surface area contributed by atoms with Gasteiger partial charge in [-0.05, 0) is 25.5 Å². The molecule has 26 heavy (non-hydrogen) atoms. The van der Waals surface area contributed by atoms with E-state index in [0.717, 1.165) is 6.42 Å². The molecule has 2 aromatic rings. The minimum atomic E-state index is -0.723. The second-order valence-electron chi connectivity index (χ2n) is 5.29. The standard InChI is InChI=1S/C17H19ClN2O6/c1-4-5-24-16-12(18)7-11(8-13(16)23-3)17(22)25-9-15(21)19-14-6-10(2)26-20-14/h6-8H,4-5,9H2,1-3H3,(H,19,20,21). The van der Waals surface area contributed by atoms with Gasteiger partial charge in [0, 0.05) is 6.07 Å². The third kappa shape index (κ3) is 5.13. The number of anilines is 1. The smallest absolute Gasteiger partial charge is 0.338 e. The van der Waals surface area contributed by atoms with Crippen molar-refractivity contribution in [2.45, 2.75) is 20.3 Å². The molecule has 0 aliphatic heterocycles. The van der Waals surface area contributed by atoms with Gasteiger partial charge in [0.05, 0.1) is 24.3 Å². The van der Waals surface area contributed by atoms with Gasteiger partial charge < -0.3 is 24.1 Å². The number of methoxy groups -OCH3 is 1. The second kappa shape index (κ2) is 9.10. The van der Waals surface area contributed by atoms with Crippen LogP contribution in [0, 0.1) is 6.92 Å². The van der Waals surface area contributed by atoms with E-state index in [2.05, 4.69) is 10.5 Å². The number of rotatable bonds is 8. The lowest BCUT2D eigenvalue weighted by atomic mass is 10.2. The van der Waals surface area contributed by atoms with Gasteiger partial charge in [-0.25, -0.2) is 4.79 Å². The molecule has 0 radical (unpaired) electrons. The Morgan fingerprint density at radius 2 is 2.08 bits per heavy atom. The molecule has 0 fully saturated rings. The highest BCUT2D eigenvalue weighted by atomic mass is 35.5. The second-order valence-corrected chi connectivity index (χ2v) is 5.69. The number of benzene rings is 1. The Bertz CT molecular complexity index is 790. The first-order chi connectivity index (χ1) is 12.4. The molecule has 1 N–H and O–H groups in total. The van der Waals surface area contributed by atoms with E-state index in [9.17, 15) is 9.59 Å². The van der Waals surface area contributed by atoms with Crippen LogP contribution >= 0.6 is 11.6 Å². The molecule has 1 aromatic heterocycles. The first-order valence-corrected chi connectivity index (χ1v) is 8.23. The summed E-state index contributed by atoms with van der Waals surface area (Å²) in [7, 11) is 1.44. The number of esters is 1. The van der Waals surface area contributed by atoms with Crippen LogP contribution in [0.15, 0.2) is 22.7 Å². The molecule has 2 rings (SSSR count). The highest BCUT2D eigenvalue weighted by Gasteiger charge is 2.18. The van der Waals surface area contributed by atoms with Gasteiger partial charge in [0.2, 0.25) is 0 Å². The Kier molecular flexibility index (Phi) is 6.85. The monoisotopic (exact) mass is 382 g/mol. The van der Waals surface area contributed by atoms with E-state index in [-0.39, 0.29) is 16.4 Å². The van der Waals surface area contributed by atoms with Gasteiger partial charge in [0.15, 0.2) is 23.9 Å².